The first-order valence-corrected chi connectivity index (χ1v) is 10.7. The van der Waals surface area contributed by atoms with Gasteiger partial charge in [0, 0.05) is 24.3 Å². The minimum Gasteiger partial charge on any atom is -0.322 e. The monoisotopic (exact) mass is 406 g/mol. The summed E-state index contributed by atoms with van der Waals surface area (Å²) in [5.41, 5.74) is 0.629. The van der Waals surface area contributed by atoms with Crippen LogP contribution in [0.25, 0.3) is 0 Å². The molecule has 7 heteroatoms. The maximum Gasteiger partial charge on any atom is 0.255 e. The Morgan fingerprint density at radius 1 is 1.00 bits per heavy atom. The van der Waals surface area contributed by atoms with Gasteiger partial charge in [-0.25, -0.2) is 12.8 Å². The number of carbonyl (C=O) groups excluding carboxylic acids is 1. The molecule has 0 unspecified atom stereocenters. The van der Waals surface area contributed by atoms with Gasteiger partial charge in [0.15, 0.2) is 0 Å². The van der Waals surface area contributed by atoms with Crippen molar-refractivity contribution in [1.29, 1.82) is 0 Å². The van der Waals surface area contributed by atoms with Crippen molar-refractivity contribution in [1.82, 2.24) is 4.31 Å². The van der Waals surface area contributed by atoms with Crippen molar-refractivity contribution in [2.75, 3.05) is 18.4 Å². The van der Waals surface area contributed by atoms with Crippen LogP contribution in [0, 0.1) is 17.7 Å². The lowest BCUT2D eigenvalue weighted by Gasteiger charge is -2.25. The highest BCUT2D eigenvalue weighted by atomic mass is 32.2. The molecule has 0 saturated carbocycles. The van der Waals surface area contributed by atoms with Gasteiger partial charge in [0.05, 0.1) is 4.90 Å². The smallest absolute Gasteiger partial charge is 0.255 e. The first-order valence-electron chi connectivity index (χ1n) is 9.26. The third kappa shape index (κ3) is 5.87. The molecule has 0 aliphatic heterocycles. The molecular weight excluding hydrogens is 379 g/mol. The predicted molar refractivity (Wildman–Crippen MR) is 109 cm³/mol. The van der Waals surface area contributed by atoms with Crippen LogP contribution >= 0.6 is 0 Å². The Morgan fingerprint density at radius 3 is 2.07 bits per heavy atom. The normalized spacial score (nSPS) is 12.0. The van der Waals surface area contributed by atoms with Gasteiger partial charge in [0.25, 0.3) is 5.91 Å². The van der Waals surface area contributed by atoms with Crippen LogP contribution in [0.2, 0.25) is 0 Å². The summed E-state index contributed by atoms with van der Waals surface area (Å²) in [5, 5.41) is 2.64. The standard InChI is InChI=1S/C21H27FN2O3S/c1-15(2)13-24(14-16(3)4)28(26,27)20-10-8-19(9-11-20)23-21(25)17-6-5-7-18(22)12-17/h5-12,15-16H,13-14H2,1-4H3,(H,23,25). The zero-order valence-corrected chi connectivity index (χ0v) is 17.5. The van der Waals surface area contributed by atoms with Crippen LogP contribution in [0.3, 0.4) is 0 Å². The van der Waals surface area contributed by atoms with E-state index < -0.39 is 21.7 Å². The average molecular weight is 407 g/mol. The fourth-order valence-electron chi connectivity index (χ4n) is 2.78. The molecule has 0 aliphatic carbocycles. The Kier molecular flexibility index (Phi) is 7.32. The molecule has 0 saturated heterocycles. The van der Waals surface area contributed by atoms with E-state index >= 15 is 0 Å². The fraction of sp³-hybridized carbons (Fsp3) is 0.381. The lowest BCUT2D eigenvalue weighted by Crippen LogP contribution is -2.37. The summed E-state index contributed by atoms with van der Waals surface area (Å²) in [6, 6.07) is 11.4. The van der Waals surface area contributed by atoms with Gasteiger partial charge < -0.3 is 5.32 Å². The molecule has 0 spiro atoms. The number of carbonyl (C=O) groups is 1. The van der Waals surface area contributed by atoms with Crippen LogP contribution in [0.5, 0.6) is 0 Å². The first kappa shape index (κ1) is 22.0. The van der Waals surface area contributed by atoms with Crippen molar-refractivity contribution in [2.24, 2.45) is 11.8 Å². The molecule has 0 bridgehead atoms. The Balaban J connectivity index is 2.18. The number of nitrogens with one attached hydrogen (secondary N) is 1. The number of hydrogen-bond acceptors (Lipinski definition) is 3. The molecule has 2 aromatic carbocycles. The summed E-state index contributed by atoms with van der Waals surface area (Å²) in [5.74, 6) is -0.544. The topological polar surface area (TPSA) is 66.5 Å². The second-order valence-corrected chi connectivity index (χ2v) is 9.54. The van der Waals surface area contributed by atoms with E-state index in [0.717, 1.165) is 6.07 Å². The van der Waals surface area contributed by atoms with Gasteiger partial charge in [-0.15, -0.1) is 0 Å². The van der Waals surface area contributed by atoms with Crippen LogP contribution < -0.4 is 5.32 Å². The number of anilines is 1. The van der Waals surface area contributed by atoms with Gasteiger partial charge in [-0.1, -0.05) is 33.8 Å². The quantitative estimate of drug-likeness (QED) is 0.707. The molecular formula is C21H27FN2O3S. The van der Waals surface area contributed by atoms with Crippen LogP contribution in [0.15, 0.2) is 53.4 Å². The van der Waals surface area contributed by atoms with Gasteiger partial charge in [-0.2, -0.15) is 4.31 Å². The van der Waals surface area contributed by atoms with Gasteiger partial charge in [-0.3, -0.25) is 4.79 Å². The van der Waals surface area contributed by atoms with E-state index in [4.69, 9.17) is 0 Å². The molecule has 1 N–H and O–H groups in total. The van der Waals surface area contributed by atoms with Crippen molar-refractivity contribution in [3.8, 4) is 0 Å². The summed E-state index contributed by atoms with van der Waals surface area (Å²) in [4.78, 5) is 12.4. The van der Waals surface area contributed by atoms with E-state index in [1.54, 1.807) is 0 Å². The minimum absolute atomic E-state index is 0.178. The van der Waals surface area contributed by atoms with Crippen LogP contribution in [-0.2, 0) is 10.0 Å². The van der Waals surface area contributed by atoms with Crippen molar-refractivity contribution >= 4 is 21.6 Å². The van der Waals surface area contributed by atoms with E-state index in [0.29, 0.717) is 18.8 Å². The number of sulfonamides is 1. The average Bonchev–Trinajstić information content (AvgIpc) is 2.61. The minimum atomic E-state index is -3.62. The van der Waals surface area contributed by atoms with E-state index in [1.807, 2.05) is 27.7 Å². The predicted octanol–water partition coefficient (Wildman–Crippen LogP) is 4.38. The summed E-state index contributed by atoms with van der Waals surface area (Å²) < 4.78 is 40.7. The zero-order chi connectivity index (χ0) is 20.9. The van der Waals surface area contributed by atoms with Crippen LogP contribution in [0.4, 0.5) is 10.1 Å². The van der Waals surface area contributed by atoms with Crippen molar-refractivity contribution in [3.05, 3.63) is 59.9 Å². The van der Waals surface area contributed by atoms with Crippen molar-refractivity contribution in [2.45, 2.75) is 32.6 Å². The van der Waals surface area contributed by atoms with E-state index in [1.165, 1.54) is 46.8 Å². The number of benzene rings is 2. The molecule has 2 rings (SSSR count). The molecule has 0 fully saturated rings. The first-order chi connectivity index (χ1) is 13.1. The number of nitrogens with zero attached hydrogens (tertiary/aromatic N) is 1. The summed E-state index contributed by atoms with van der Waals surface area (Å²) in [6.45, 7) is 8.81. The summed E-state index contributed by atoms with van der Waals surface area (Å²) in [7, 11) is -3.62. The number of hydrogen-bond donors (Lipinski definition) is 1. The highest BCUT2D eigenvalue weighted by Crippen LogP contribution is 2.21. The highest BCUT2D eigenvalue weighted by molar-refractivity contribution is 7.89. The molecule has 2 aromatic rings. The maximum absolute atomic E-state index is 13.3. The third-order valence-electron chi connectivity index (χ3n) is 3.97. The van der Waals surface area contributed by atoms with Gasteiger partial charge in [-0.05, 0) is 54.3 Å². The van der Waals surface area contributed by atoms with E-state index in [2.05, 4.69) is 5.32 Å². The van der Waals surface area contributed by atoms with Crippen LogP contribution in [0.1, 0.15) is 38.1 Å². The molecule has 28 heavy (non-hydrogen) atoms. The van der Waals surface area contributed by atoms with Gasteiger partial charge in [0.1, 0.15) is 5.82 Å². The van der Waals surface area contributed by atoms with Crippen molar-refractivity contribution < 1.29 is 17.6 Å². The maximum atomic E-state index is 13.3. The third-order valence-corrected chi connectivity index (χ3v) is 5.82. The van der Waals surface area contributed by atoms with E-state index in [-0.39, 0.29) is 22.3 Å². The Hall–Kier alpha value is -2.25. The lowest BCUT2D eigenvalue weighted by molar-refractivity contribution is 0.102. The number of halogens is 1. The van der Waals surface area contributed by atoms with Crippen LogP contribution in [-0.4, -0.2) is 31.7 Å². The van der Waals surface area contributed by atoms with Gasteiger partial charge >= 0.3 is 0 Å². The largest absolute Gasteiger partial charge is 0.322 e. The highest BCUT2D eigenvalue weighted by Gasteiger charge is 2.25. The molecule has 0 aliphatic rings. The zero-order valence-electron chi connectivity index (χ0n) is 16.6. The molecule has 1 amide bonds. The molecule has 152 valence electrons. The second-order valence-electron chi connectivity index (χ2n) is 7.60. The summed E-state index contributed by atoms with van der Waals surface area (Å²) >= 11 is 0. The van der Waals surface area contributed by atoms with Crippen molar-refractivity contribution in [3.63, 3.8) is 0 Å². The number of amides is 1. The molecule has 5 nitrogen and oxygen atoms in total. The Labute approximate surface area is 166 Å². The second kappa shape index (κ2) is 9.30. The summed E-state index contributed by atoms with van der Waals surface area (Å²) in [6.07, 6.45) is 0. The molecule has 0 aromatic heterocycles. The molecule has 0 heterocycles. The lowest BCUT2D eigenvalue weighted by atomic mass is 10.2. The molecule has 0 atom stereocenters. The Morgan fingerprint density at radius 2 is 1.57 bits per heavy atom. The van der Waals surface area contributed by atoms with E-state index in [9.17, 15) is 17.6 Å². The van der Waals surface area contributed by atoms with Gasteiger partial charge in [0.2, 0.25) is 10.0 Å². The fourth-order valence-corrected chi connectivity index (χ4v) is 4.54. The SMILES string of the molecule is CC(C)CN(CC(C)C)S(=O)(=O)c1ccc(NC(=O)c2cccc(F)c2)cc1. The number of rotatable bonds is 8. The Bertz CT molecular complexity index is 900. The molecule has 0 radical (unpaired) electrons.